The van der Waals surface area contributed by atoms with Gasteiger partial charge in [0.25, 0.3) is 0 Å². The molecule has 138 valence electrons. The second-order valence-electron chi connectivity index (χ2n) is 6.26. The highest BCUT2D eigenvalue weighted by Gasteiger charge is 2.20. The van der Waals surface area contributed by atoms with E-state index in [9.17, 15) is 9.59 Å². The van der Waals surface area contributed by atoms with E-state index < -0.39 is 6.04 Å². The number of esters is 1. The number of nitrogens with one attached hydrogen (secondary N) is 1. The average Bonchev–Trinajstić information content (AvgIpc) is 2.61. The number of methoxy groups -OCH3 is 1. The quantitative estimate of drug-likeness (QED) is 0.737. The summed E-state index contributed by atoms with van der Waals surface area (Å²) in [6.45, 7) is 3.60. The van der Waals surface area contributed by atoms with E-state index >= 15 is 0 Å². The molecule has 2 aromatic rings. The van der Waals surface area contributed by atoms with E-state index in [2.05, 4.69) is 5.32 Å². The van der Waals surface area contributed by atoms with Gasteiger partial charge in [-0.25, -0.2) is 0 Å². The molecule has 0 aromatic heterocycles. The summed E-state index contributed by atoms with van der Waals surface area (Å²) in [6, 6.07) is 16.4. The topological polar surface area (TPSA) is 64.6 Å². The molecule has 0 aliphatic rings. The molecular weight excluding hydrogens is 330 g/mol. The highest BCUT2D eigenvalue weighted by atomic mass is 16.5. The molecule has 2 rings (SSSR count). The molecule has 0 heterocycles. The molecule has 2 aromatic carbocycles. The van der Waals surface area contributed by atoms with Crippen LogP contribution in [0.25, 0.3) is 0 Å². The Bertz CT molecular complexity index is 728. The molecule has 1 amide bonds. The average molecular weight is 355 g/mol. The van der Waals surface area contributed by atoms with Crippen molar-refractivity contribution in [2.24, 2.45) is 0 Å². The van der Waals surface area contributed by atoms with Crippen molar-refractivity contribution in [2.75, 3.05) is 7.11 Å². The summed E-state index contributed by atoms with van der Waals surface area (Å²) < 4.78 is 10.5. The van der Waals surface area contributed by atoms with Crippen molar-refractivity contribution in [2.45, 2.75) is 38.8 Å². The van der Waals surface area contributed by atoms with Crippen molar-refractivity contribution < 1.29 is 19.1 Å². The van der Waals surface area contributed by atoms with Gasteiger partial charge in [-0.15, -0.1) is 0 Å². The Hall–Kier alpha value is -2.82. The zero-order chi connectivity index (χ0) is 18.9. The lowest BCUT2D eigenvalue weighted by Crippen LogP contribution is -2.32. The maximum absolute atomic E-state index is 12.5. The van der Waals surface area contributed by atoms with Crippen LogP contribution in [-0.4, -0.2) is 25.1 Å². The van der Waals surface area contributed by atoms with E-state index in [4.69, 9.17) is 9.47 Å². The van der Waals surface area contributed by atoms with E-state index in [0.29, 0.717) is 5.75 Å². The Labute approximate surface area is 154 Å². The molecule has 0 saturated heterocycles. The van der Waals surface area contributed by atoms with E-state index in [0.717, 1.165) is 11.1 Å². The van der Waals surface area contributed by atoms with Crippen LogP contribution in [0, 0.1) is 0 Å². The fraction of sp³-hybridized carbons (Fsp3) is 0.333. The third-order valence-corrected chi connectivity index (χ3v) is 3.82. The zero-order valence-electron chi connectivity index (χ0n) is 15.4. The zero-order valence-corrected chi connectivity index (χ0v) is 15.4. The van der Waals surface area contributed by atoms with Crippen molar-refractivity contribution in [3.8, 4) is 5.75 Å². The smallest absolute Gasteiger partial charge is 0.308 e. The summed E-state index contributed by atoms with van der Waals surface area (Å²) in [5.41, 5.74) is 1.66. The molecule has 0 aliphatic carbocycles. The largest absolute Gasteiger partial charge is 0.496 e. The molecule has 0 fully saturated rings. The Morgan fingerprint density at radius 3 is 2.31 bits per heavy atom. The Morgan fingerprint density at radius 2 is 1.65 bits per heavy atom. The van der Waals surface area contributed by atoms with Gasteiger partial charge in [0.05, 0.1) is 32.1 Å². The lowest BCUT2D eigenvalue weighted by molar-refractivity contribution is -0.148. The second kappa shape index (κ2) is 9.61. The van der Waals surface area contributed by atoms with Crippen LogP contribution >= 0.6 is 0 Å². The Morgan fingerprint density at radius 1 is 1.00 bits per heavy atom. The molecule has 0 aliphatic heterocycles. The van der Waals surface area contributed by atoms with Gasteiger partial charge in [0.15, 0.2) is 0 Å². The standard InChI is InChI=1S/C21H25NO4/c1-15(2)26-21(24)14-18(16-9-5-4-6-10-16)22-20(23)13-17-11-7-8-12-19(17)25-3/h4-12,15,18H,13-14H2,1-3H3,(H,22,23). The third kappa shape index (κ3) is 5.92. The molecule has 1 unspecified atom stereocenters. The first-order valence-corrected chi connectivity index (χ1v) is 8.65. The lowest BCUT2D eigenvalue weighted by Gasteiger charge is -2.20. The number of carbonyl (C=O) groups excluding carboxylic acids is 2. The van der Waals surface area contributed by atoms with E-state index in [-0.39, 0.29) is 30.8 Å². The predicted octanol–water partition coefficient (Wildman–Crippen LogP) is 3.44. The van der Waals surface area contributed by atoms with Crippen LogP contribution in [0.5, 0.6) is 5.75 Å². The van der Waals surface area contributed by atoms with Crippen LogP contribution in [0.1, 0.15) is 37.4 Å². The van der Waals surface area contributed by atoms with E-state index in [1.54, 1.807) is 21.0 Å². The Balaban J connectivity index is 2.10. The minimum Gasteiger partial charge on any atom is -0.496 e. The van der Waals surface area contributed by atoms with Crippen LogP contribution in [-0.2, 0) is 20.7 Å². The lowest BCUT2D eigenvalue weighted by atomic mass is 10.0. The molecular formula is C21H25NO4. The summed E-state index contributed by atoms with van der Waals surface area (Å²) in [5, 5.41) is 2.94. The number of para-hydroxylation sites is 1. The van der Waals surface area contributed by atoms with Gasteiger partial charge in [-0.1, -0.05) is 48.5 Å². The molecule has 1 atom stereocenters. The van der Waals surface area contributed by atoms with Crippen LogP contribution in [0.15, 0.2) is 54.6 Å². The fourth-order valence-corrected chi connectivity index (χ4v) is 2.68. The SMILES string of the molecule is COc1ccccc1CC(=O)NC(CC(=O)OC(C)C)c1ccccc1. The molecule has 0 spiro atoms. The van der Waals surface area contributed by atoms with Crippen LogP contribution in [0.3, 0.4) is 0 Å². The molecule has 0 saturated carbocycles. The summed E-state index contributed by atoms with van der Waals surface area (Å²) in [7, 11) is 1.57. The third-order valence-electron chi connectivity index (χ3n) is 3.82. The first kappa shape index (κ1) is 19.5. The van der Waals surface area contributed by atoms with Crippen LogP contribution in [0.2, 0.25) is 0 Å². The number of hydrogen-bond acceptors (Lipinski definition) is 4. The molecule has 0 bridgehead atoms. The molecule has 1 N–H and O–H groups in total. The fourth-order valence-electron chi connectivity index (χ4n) is 2.68. The highest BCUT2D eigenvalue weighted by molar-refractivity contribution is 5.81. The van der Waals surface area contributed by atoms with Gasteiger partial charge in [0, 0.05) is 5.56 Å². The van der Waals surface area contributed by atoms with Gasteiger partial charge in [-0.05, 0) is 25.5 Å². The van der Waals surface area contributed by atoms with Crippen molar-refractivity contribution in [1.29, 1.82) is 0 Å². The van der Waals surface area contributed by atoms with Gasteiger partial charge >= 0.3 is 5.97 Å². The maximum Gasteiger partial charge on any atom is 0.308 e. The van der Waals surface area contributed by atoms with E-state index in [1.165, 1.54) is 0 Å². The van der Waals surface area contributed by atoms with Crippen molar-refractivity contribution >= 4 is 11.9 Å². The van der Waals surface area contributed by atoms with Crippen LogP contribution in [0.4, 0.5) is 0 Å². The monoisotopic (exact) mass is 355 g/mol. The first-order chi connectivity index (χ1) is 12.5. The van der Waals surface area contributed by atoms with Gasteiger partial charge in [0.1, 0.15) is 5.75 Å². The number of rotatable bonds is 8. The molecule has 5 nitrogen and oxygen atoms in total. The molecule has 5 heteroatoms. The normalized spacial score (nSPS) is 11.7. The minimum absolute atomic E-state index is 0.0832. The van der Waals surface area contributed by atoms with E-state index in [1.807, 2.05) is 54.6 Å². The Kier molecular flexibility index (Phi) is 7.21. The maximum atomic E-state index is 12.5. The van der Waals surface area contributed by atoms with Crippen molar-refractivity contribution in [3.63, 3.8) is 0 Å². The first-order valence-electron chi connectivity index (χ1n) is 8.65. The van der Waals surface area contributed by atoms with Gasteiger partial charge in [0.2, 0.25) is 5.91 Å². The molecule has 0 radical (unpaired) electrons. The van der Waals surface area contributed by atoms with Gasteiger partial charge in [-0.2, -0.15) is 0 Å². The second-order valence-corrected chi connectivity index (χ2v) is 6.26. The number of amides is 1. The predicted molar refractivity (Wildman–Crippen MR) is 99.9 cm³/mol. The number of carbonyl (C=O) groups is 2. The van der Waals surface area contributed by atoms with Crippen LogP contribution < -0.4 is 10.1 Å². The summed E-state index contributed by atoms with van der Waals surface area (Å²) in [4.78, 5) is 24.6. The van der Waals surface area contributed by atoms with Crippen molar-refractivity contribution in [3.05, 3.63) is 65.7 Å². The summed E-state index contributed by atoms with van der Waals surface area (Å²) in [5.74, 6) is 0.144. The number of hydrogen-bond donors (Lipinski definition) is 1. The summed E-state index contributed by atoms with van der Waals surface area (Å²) in [6.07, 6.45) is 0.0649. The highest BCUT2D eigenvalue weighted by Crippen LogP contribution is 2.20. The molecule has 26 heavy (non-hydrogen) atoms. The number of ether oxygens (including phenoxy) is 2. The van der Waals surface area contributed by atoms with Gasteiger partial charge in [-0.3, -0.25) is 9.59 Å². The van der Waals surface area contributed by atoms with Gasteiger partial charge < -0.3 is 14.8 Å². The summed E-state index contributed by atoms with van der Waals surface area (Å²) >= 11 is 0. The van der Waals surface area contributed by atoms with Crippen molar-refractivity contribution in [1.82, 2.24) is 5.32 Å². The number of benzene rings is 2. The minimum atomic E-state index is -0.440.